The molecule has 1 aromatic rings. The van der Waals surface area contributed by atoms with E-state index in [-0.39, 0.29) is 15.5 Å². The maximum absolute atomic E-state index is 12.7. The van der Waals surface area contributed by atoms with Crippen molar-refractivity contribution in [3.05, 3.63) is 34.1 Å². The number of hydrogen-bond donors (Lipinski definition) is 1. The summed E-state index contributed by atoms with van der Waals surface area (Å²) in [5, 5.41) is 11.0. The van der Waals surface area contributed by atoms with Gasteiger partial charge in [0, 0.05) is 5.56 Å². The quantitative estimate of drug-likeness (QED) is 0.465. The molecule has 0 saturated heterocycles. The van der Waals surface area contributed by atoms with Crippen LogP contribution >= 0.6 is 27.5 Å². The van der Waals surface area contributed by atoms with Gasteiger partial charge in [0.2, 0.25) is 0 Å². The molecule has 2 nitrogen and oxygen atoms in total. The highest BCUT2D eigenvalue weighted by Crippen LogP contribution is 2.18. The van der Waals surface area contributed by atoms with Crippen molar-refractivity contribution in [2.24, 2.45) is 5.16 Å². The summed E-state index contributed by atoms with van der Waals surface area (Å²) in [6.07, 6.45) is 0. The zero-order valence-corrected chi connectivity index (χ0v) is 8.10. The van der Waals surface area contributed by atoms with Crippen molar-refractivity contribution in [1.29, 1.82) is 0 Å². The first-order chi connectivity index (χ1) is 5.65. The second kappa shape index (κ2) is 3.87. The smallest absolute Gasteiger partial charge is 0.175 e. The zero-order valence-electron chi connectivity index (χ0n) is 5.76. The molecule has 0 bridgehead atoms. The van der Waals surface area contributed by atoms with Gasteiger partial charge < -0.3 is 5.21 Å². The van der Waals surface area contributed by atoms with E-state index in [1.807, 2.05) is 0 Å². The monoisotopic (exact) mass is 251 g/mol. The number of benzene rings is 1. The van der Waals surface area contributed by atoms with Crippen LogP contribution in [-0.2, 0) is 0 Å². The minimum atomic E-state index is -0.388. The Bertz CT molecular complexity index is 329. The second-order valence-corrected chi connectivity index (χ2v) is 3.23. The molecule has 1 aromatic carbocycles. The minimum absolute atomic E-state index is 0.0734. The zero-order chi connectivity index (χ0) is 9.14. The van der Waals surface area contributed by atoms with Crippen LogP contribution in [0, 0.1) is 5.82 Å². The molecule has 0 atom stereocenters. The fourth-order valence-electron chi connectivity index (χ4n) is 0.682. The lowest BCUT2D eigenvalue weighted by Crippen LogP contribution is -1.91. The fourth-order valence-corrected chi connectivity index (χ4v) is 1.18. The number of halogens is 3. The van der Waals surface area contributed by atoms with E-state index in [2.05, 4.69) is 21.1 Å². The molecule has 0 spiro atoms. The normalized spacial score (nSPS) is 11.8. The van der Waals surface area contributed by atoms with E-state index in [1.54, 1.807) is 0 Å². The molecular formula is C7H4BrClFNO. The largest absolute Gasteiger partial charge is 0.410 e. The highest BCUT2D eigenvalue weighted by Gasteiger charge is 2.04. The van der Waals surface area contributed by atoms with Gasteiger partial charge in [0.05, 0.1) is 4.47 Å². The van der Waals surface area contributed by atoms with Gasteiger partial charge in [-0.15, -0.1) is 0 Å². The molecule has 0 saturated carbocycles. The first-order valence-electron chi connectivity index (χ1n) is 2.98. The highest BCUT2D eigenvalue weighted by molar-refractivity contribution is 9.10. The maximum atomic E-state index is 12.7. The number of nitrogens with zero attached hydrogens (tertiary/aromatic N) is 1. The summed E-state index contributed by atoms with van der Waals surface area (Å²) in [6, 6.07) is 4.08. The van der Waals surface area contributed by atoms with Crippen molar-refractivity contribution < 1.29 is 9.60 Å². The summed E-state index contributed by atoms with van der Waals surface area (Å²) in [4.78, 5) is 0. The van der Waals surface area contributed by atoms with Crippen molar-refractivity contribution in [1.82, 2.24) is 0 Å². The van der Waals surface area contributed by atoms with Gasteiger partial charge in [0.25, 0.3) is 0 Å². The van der Waals surface area contributed by atoms with Gasteiger partial charge in [-0.05, 0) is 34.1 Å². The van der Waals surface area contributed by atoms with Crippen molar-refractivity contribution >= 4 is 32.7 Å². The molecule has 12 heavy (non-hydrogen) atoms. The van der Waals surface area contributed by atoms with Gasteiger partial charge in [-0.2, -0.15) is 0 Å². The van der Waals surface area contributed by atoms with Crippen LogP contribution in [0.4, 0.5) is 4.39 Å². The molecular weight excluding hydrogens is 248 g/mol. The summed E-state index contributed by atoms with van der Waals surface area (Å²) in [7, 11) is 0. The Balaban J connectivity index is 3.13. The van der Waals surface area contributed by atoms with Crippen molar-refractivity contribution in [3.8, 4) is 0 Å². The van der Waals surface area contributed by atoms with Crippen LogP contribution in [0.2, 0.25) is 0 Å². The molecule has 0 aliphatic rings. The standard InChI is InChI=1S/C7H4BrClFNO/c8-5-3-4(7(9)11-12)1-2-6(5)10/h1-3,12H/b11-7-. The second-order valence-electron chi connectivity index (χ2n) is 2.02. The third-order valence-electron chi connectivity index (χ3n) is 1.25. The Hall–Kier alpha value is -0.610. The van der Waals surface area contributed by atoms with Crippen LogP contribution in [0.15, 0.2) is 27.8 Å². The minimum Gasteiger partial charge on any atom is -0.410 e. The third-order valence-corrected chi connectivity index (χ3v) is 2.15. The van der Waals surface area contributed by atoms with Gasteiger partial charge in [-0.3, -0.25) is 0 Å². The van der Waals surface area contributed by atoms with Crippen molar-refractivity contribution in [2.45, 2.75) is 0 Å². The highest BCUT2D eigenvalue weighted by atomic mass is 79.9. The molecule has 0 radical (unpaired) electrons. The van der Waals surface area contributed by atoms with Crippen molar-refractivity contribution in [2.75, 3.05) is 0 Å². The van der Waals surface area contributed by atoms with E-state index in [1.165, 1.54) is 18.2 Å². The lowest BCUT2D eigenvalue weighted by molar-refractivity contribution is 0.321. The average molecular weight is 252 g/mol. The van der Waals surface area contributed by atoms with E-state index in [0.717, 1.165) is 0 Å². The van der Waals surface area contributed by atoms with E-state index in [0.29, 0.717) is 5.56 Å². The Morgan fingerprint density at radius 2 is 2.25 bits per heavy atom. The molecule has 0 unspecified atom stereocenters. The van der Waals surface area contributed by atoms with Crippen LogP contribution < -0.4 is 0 Å². The molecule has 0 aromatic heterocycles. The summed E-state index contributed by atoms with van der Waals surface area (Å²) < 4.78 is 13.0. The van der Waals surface area contributed by atoms with Gasteiger partial charge in [-0.25, -0.2) is 4.39 Å². The van der Waals surface area contributed by atoms with E-state index in [9.17, 15) is 4.39 Å². The molecule has 0 fully saturated rings. The Morgan fingerprint density at radius 3 is 2.75 bits per heavy atom. The molecule has 64 valence electrons. The molecule has 0 aliphatic heterocycles. The third kappa shape index (κ3) is 1.95. The summed E-state index contributed by atoms with van der Waals surface area (Å²) in [6.45, 7) is 0. The predicted molar refractivity (Wildman–Crippen MR) is 48.3 cm³/mol. The number of hydrogen-bond acceptors (Lipinski definition) is 2. The van der Waals surface area contributed by atoms with Crippen LogP contribution in [0.1, 0.15) is 5.56 Å². The van der Waals surface area contributed by atoms with E-state index < -0.39 is 0 Å². The summed E-state index contributed by atoms with van der Waals surface area (Å²) in [5.41, 5.74) is 0.451. The van der Waals surface area contributed by atoms with Gasteiger partial charge in [0.1, 0.15) is 5.82 Å². The van der Waals surface area contributed by atoms with Crippen molar-refractivity contribution in [3.63, 3.8) is 0 Å². The van der Waals surface area contributed by atoms with Gasteiger partial charge >= 0.3 is 0 Å². The summed E-state index contributed by atoms with van der Waals surface area (Å²) in [5.74, 6) is -0.388. The SMILES string of the molecule is O/N=C(\Cl)c1ccc(F)c(Br)c1. The maximum Gasteiger partial charge on any atom is 0.175 e. The molecule has 0 aliphatic carbocycles. The lowest BCUT2D eigenvalue weighted by Gasteiger charge is -1.97. The predicted octanol–water partition coefficient (Wildman–Crippen LogP) is 2.96. The number of rotatable bonds is 1. The van der Waals surface area contributed by atoms with Gasteiger partial charge in [-0.1, -0.05) is 16.8 Å². The van der Waals surface area contributed by atoms with Crippen LogP contribution in [0.25, 0.3) is 0 Å². The van der Waals surface area contributed by atoms with E-state index in [4.69, 9.17) is 16.8 Å². The molecule has 0 amide bonds. The molecule has 1 N–H and O–H groups in total. The number of oxime groups is 1. The van der Waals surface area contributed by atoms with Crippen LogP contribution in [-0.4, -0.2) is 10.4 Å². The Kier molecular flexibility index (Phi) is 3.05. The Morgan fingerprint density at radius 1 is 1.58 bits per heavy atom. The molecule has 1 rings (SSSR count). The summed E-state index contributed by atoms with van der Waals surface area (Å²) >= 11 is 8.44. The topological polar surface area (TPSA) is 32.6 Å². The first-order valence-corrected chi connectivity index (χ1v) is 4.15. The molecule has 0 heterocycles. The lowest BCUT2D eigenvalue weighted by atomic mass is 10.2. The average Bonchev–Trinajstić information content (AvgIpc) is 2.08. The Labute approximate surface area is 81.8 Å². The van der Waals surface area contributed by atoms with Gasteiger partial charge in [0.15, 0.2) is 5.17 Å². The van der Waals surface area contributed by atoms with Crippen LogP contribution in [0.3, 0.4) is 0 Å². The molecule has 5 heteroatoms. The first kappa shape index (κ1) is 9.48. The fraction of sp³-hybridized carbons (Fsp3) is 0. The van der Waals surface area contributed by atoms with E-state index >= 15 is 0 Å². The van der Waals surface area contributed by atoms with Crippen LogP contribution in [0.5, 0.6) is 0 Å².